The monoisotopic (exact) mass is 271 g/mol. The molecule has 0 aliphatic heterocycles. The number of hydrogen-bond donors (Lipinski definition) is 1. The first-order chi connectivity index (χ1) is 9.66. The summed E-state index contributed by atoms with van der Waals surface area (Å²) < 4.78 is 19.8. The lowest BCUT2D eigenvalue weighted by atomic mass is 10.1. The highest BCUT2D eigenvalue weighted by Crippen LogP contribution is 2.31. The summed E-state index contributed by atoms with van der Waals surface area (Å²) >= 11 is 0. The summed E-state index contributed by atoms with van der Waals surface area (Å²) in [5.41, 5.74) is 1.71. The van der Waals surface area contributed by atoms with Crippen LogP contribution in [0.15, 0.2) is 59.5 Å². The quantitative estimate of drug-likeness (QED) is 0.792. The van der Waals surface area contributed by atoms with Crippen LogP contribution in [0.2, 0.25) is 0 Å². The molecule has 0 atom stereocenters. The van der Waals surface area contributed by atoms with Crippen molar-refractivity contribution in [1.29, 1.82) is 0 Å². The van der Waals surface area contributed by atoms with Gasteiger partial charge in [0.1, 0.15) is 17.8 Å². The first-order valence-corrected chi connectivity index (χ1v) is 5.91. The summed E-state index contributed by atoms with van der Waals surface area (Å²) in [6.07, 6.45) is 4.82. The largest absolute Gasteiger partial charge is 0.475 e. The van der Waals surface area contributed by atoms with Gasteiger partial charge in [0.25, 0.3) is 0 Å². The molecule has 2 heterocycles. The molecule has 0 unspecified atom stereocenters. The maximum Gasteiger partial charge on any atom is 0.374 e. The van der Waals surface area contributed by atoms with Gasteiger partial charge in [0.15, 0.2) is 0 Å². The van der Waals surface area contributed by atoms with Crippen LogP contribution >= 0.6 is 0 Å². The van der Waals surface area contributed by atoms with Crippen LogP contribution in [0, 0.1) is 5.82 Å². The van der Waals surface area contributed by atoms with Crippen LogP contribution in [0.4, 0.5) is 4.39 Å². The van der Waals surface area contributed by atoms with Crippen LogP contribution in [-0.2, 0) is 0 Å². The Hall–Kier alpha value is -2.82. The minimum Gasteiger partial charge on any atom is -0.475 e. The lowest BCUT2D eigenvalue weighted by Crippen LogP contribution is -2.01. The SMILES string of the molecule is O=C(O)c1occ(-c2ccc(F)cc2)c1-n1cccc1. The zero-order valence-electron chi connectivity index (χ0n) is 10.3. The maximum atomic E-state index is 13.0. The van der Waals surface area contributed by atoms with Crippen LogP contribution in [-0.4, -0.2) is 15.6 Å². The third-order valence-electron chi connectivity index (χ3n) is 2.98. The summed E-state index contributed by atoms with van der Waals surface area (Å²) in [5.74, 6) is -1.65. The van der Waals surface area contributed by atoms with E-state index in [-0.39, 0.29) is 11.6 Å². The molecule has 1 aromatic carbocycles. The summed E-state index contributed by atoms with van der Waals surface area (Å²) in [5, 5.41) is 9.20. The van der Waals surface area contributed by atoms with Crippen molar-refractivity contribution in [3.8, 4) is 16.8 Å². The first kappa shape index (κ1) is 12.2. The van der Waals surface area contributed by atoms with Crippen molar-refractivity contribution in [3.05, 3.63) is 66.6 Å². The fourth-order valence-electron chi connectivity index (χ4n) is 2.08. The Morgan fingerprint density at radius 2 is 1.80 bits per heavy atom. The van der Waals surface area contributed by atoms with Crippen molar-refractivity contribution in [2.75, 3.05) is 0 Å². The van der Waals surface area contributed by atoms with Gasteiger partial charge in [-0.15, -0.1) is 0 Å². The number of carboxylic acids is 1. The van der Waals surface area contributed by atoms with Crippen LogP contribution < -0.4 is 0 Å². The molecule has 5 heteroatoms. The molecule has 2 aromatic heterocycles. The van der Waals surface area contributed by atoms with Gasteiger partial charge in [-0.05, 0) is 29.8 Å². The minimum atomic E-state index is -1.15. The van der Waals surface area contributed by atoms with E-state index in [1.54, 1.807) is 41.2 Å². The normalized spacial score (nSPS) is 10.7. The number of benzene rings is 1. The zero-order valence-corrected chi connectivity index (χ0v) is 10.3. The van der Waals surface area contributed by atoms with Crippen molar-refractivity contribution in [1.82, 2.24) is 4.57 Å². The van der Waals surface area contributed by atoms with E-state index >= 15 is 0 Å². The average Bonchev–Trinajstić information content (AvgIpc) is 3.08. The van der Waals surface area contributed by atoms with Gasteiger partial charge in [0.2, 0.25) is 5.76 Å². The smallest absolute Gasteiger partial charge is 0.374 e. The summed E-state index contributed by atoms with van der Waals surface area (Å²) in [6, 6.07) is 9.38. The second kappa shape index (κ2) is 4.70. The number of carboxylic acid groups (broad SMARTS) is 1. The molecule has 0 radical (unpaired) electrons. The predicted molar refractivity (Wildman–Crippen MR) is 70.4 cm³/mol. The first-order valence-electron chi connectivity index (χ1n) is 5.91. The Bertz CT molecular complexity index is 742. The lowest BCUT2D eigenvalue weighted by molar-refractivity contribution is 0.0662. The van der Waals surface area contributed by atoms with Crippen molar-refractivity contribution in [3.63, 3.8) is 0 Å². The van der Waals surface area contributed by atoms with Crippen molar-refractivity contribution in [2.45, 2.75) is 0 Å². The standard InChI is InChI=1S/C15H10FNO3/c16-11-5-3-10(4-6-11)12-9-20-14(15(18)19)13(12)17-7-1-2-8-17/h1-9H,(H,18,19). The van der Waals surface area contributed by atoms with E-state index in [1.807, 2.05) is 0 Å². The van der Waals surface area contributed by atoms with Gasteiger partial charge < -0.3 is 14.1 Å². The Kier molecular flexibility index (Phi) is 2.87. The number of furan rings is 1. The number of rotatable bonds is 3. The van der Waals surface area contributed by atoms with E-state index in [0.29, 0.717) is 16.8 Å². The minimum absolute atomic E-state index is 0.152. The number of aromatic carboxylic acids is 1. The van der Waals surface area contributed by atoms with Gasteiger partial charge in [-0.25, -0.2) is 9.18 Å². The Labute approximate surface area is 113 Å². The van der Waals surface area contributed by atoms with Crippen LogP contribution in [0.1, 0.15) is 10.6 Å². The van der Waals surface area contributed by atoms with E-state index < -0.39 is 5.97 Å². The molecule has 100 valence electrons. The van der Waals surface area contributed by atoms with E-state index in [4.69, 9.17) is 4.42 Å². The Morgan fingerprint density at radius 1 is 1.15 bits per heavy atom. The fraction of sp³-hybridized carbons (Fsp3) is 0. The second-order valence-corrected chi connectivity index (χ2v) is 4.23. The number of nitrogens with zero attached hydrogens (tertiary/aromatic N) is 1. The molecule has 4 nitrogen and oxygen atoms in total. The van der Waals surface area contributed by atoms with Crippen molar-refractivity contribution >= 4 is 5.97 Å². The highest BCUT2D eigenvalue weighted by atomic mass is 19.1. The molecule has 0 saturated carbocycles. The molecule has 20 heavy (non-hydrogen) atoms. The third kappa shape index (κ3) is 1.99. The van der Waals surface area contributed by atoms with Crippen molar-refractivity contribution in [2.24, 2.45) is 0 Å². The molecular weight excluding hydrogens is 261 g/mol. The van der Waals surface area contributed by atoms with Crippen LogP contribution in [0.3, 0.4) is 0 Å². The summed E-state index contributed by atoms with van der Waals surface area (Å²) in [7, 11) is 0. The number of aromatic nitrogens is 1. The van der Waals surface area contributed by atoms with Gasteiger partial charge >= 0.3 is 5.97 Å². The molecule has 0 aliphatic rings. The van der Waals surface area contributed by atoms with E-state index in [0.717, 1.165) is 0 Å². The number of halogens is 1. The molecule has 0 amide bonds. The Balaban J connectivity index is 2.21. The number of carbonyl (C=O) groups is 1. The molecule has 0 aliphatic carbocycles. The van der Waals surface area contributed by atoms with Gasteiger partial charge in [0.05, 0.1) is 0 Å². The zero-order chi connectivity index (χ0) is 14.1. The molecule has 0 spiro atoms. The van der Waals surface area contributed by atoms with E-state index in [1.165, 1.54) is 18.4 Å². The number of hydrogen-bond acceptors (Lipinski definition) is 2. The van der Waals surface area contributed by atoms with E-state index in [2.05, 4.69) is 0 Å². The highest BCUT2D eigenvalue weighted by molar-refractivity contribution is 5.93. The topological polar surface area (TPSA) is 55.4 Å². The average molecular weight is 271 g/mol. The van der Waals surface area contributed by atoms with E-state index in [9.17, 15) is 14.3 Å². The van der Waals surface area contributed by atoms with Gasteiger partial charge in [0, 0.05) is 18.0 Å². The maximum absolute atomic E-state index is 13.0. The molecule has 0 bridgehead atoms. The Morgan fingerprint density at radius 3 is 2.40 bits per heavy atom. The van der Waals surface area contributed by atoms with Crippen molar-refractivity contribution < 1.29 is 18.7 Å². The lowest BCUT2D eigenvalue weighted by Gasteiger charge is -2.05. The molecule has 3 aromatic rings. The fourth-order valence-corrected chi connectivity index (χ4v) is 2.08. The second-order valence-electron chi connectivity index (χ2n) is 4.23. The van der Waals surface area contributed by atoms with Gasteiger partial charge in [-0.2, -0.15) is 0 Å². The molecule has 0 fully saturated rings. The van der Waals surface area contributed by atoms with Crippen LogP contribution in [0.25, 0.3) is 16.8 Å². The third-order valence-corrected chi connectivity index (χ3v) is 2.98. The summed E-state index contributed by atoms with van der Waals surface area (Å²) in [6.45, 7) is 0. The molecule has 1 N–H and O–H groups in total. The van der Waals surface area contributed by atoms with Gasteiger partial charge in [-0.3, -0.25) is 0 Å². The molecular formula is C15H10FNO3. The van der Waals surface area contributed by atoms with Crippen LogP contribution in [0.5, 0.6) is 0 Å². The highest BCUT2D eigenvalue weighted by Gasteiger charge is 2.21. The molecule has 0 saturated heterocycles. The van der Waals surface area contributed by atoms with Gasteiger partial charge in [-0.1, -0.05) is 12.1 Å². The molecule has 3 rings (SSSR count). The summed E-state index contributed by atoms with van der Waals surface area (Å²) in [4.78, 5) is 11.2. The predicted octanol–water partition coefficient (Wildman–Crippen LogP) is 3.57.